The number of nitrogens with zero attached hydrogens (tertiary/aromatic N) is 1. The van der Waals surface area contributed by atoms with Crippen LogP contribution in [0.25, 0.3) is 0 Å². The Bertz CT molecular complexity index is 617. The predicted molar refractivity (Wildman–Crippen MR) is 83.1 cm³/mol. The predicted octanol–water partition coefficient (Wildman–Crippen LogP) is 2.20. The van der Waals surface area contributed by atoms with E-state index in [1.807, 2.05) is 18.2 Å². The fourth-order valence-electron chi connectivity index (χ4n) is 2.56. The highest BCUT2D eigenvalue weighted by molar-refractivity contribution is 5.75. The van der Waals surface area contributed by atoms with Gasteiger partial charge in [0.15, 0.2) is 0 Å². The minimum absolute atomic E-state index is 0.372. The fourth-order valence-corrected chi connectivity index (χ4v) is 2.56. The van der Waals surface area contributed by atoms with Crippen LogP contribution in [0.4, 0.5) is 0 Å². The van der Waals surface area contributed by atoms with Crippen molar-refractivity contribution in [3.05, 3.63) is 58.9 Å². The van der Waals surface area contributed by atoms with E-state index in [2.05, 4.69) is 41.4 Å². The maximum absolute atomic E-state index is 11.5. The molecular weight excluding hydrogens is 264 g/mol. The van der Waals surface area contributed by atoms with Crippen LogP contribution in [0.3, 0.4) is 0 Å². The van der Waals surface area contributed by atoms with Crippen LogP contribution in [0.1, 0.15) is 22.5 Å². The van der Waals surface area contributed by atoms with Crippen molar-refractivity contribution in [2.24, 2.45) is 5.73 Å². The molecule has 1 heterocycles. The van der Waals surface area contributed by atoms with Crippen molar-refractivity contribution in [1.82, 2.24) is 4.57 Å². The van der Waals surface area contributed by atoms with E-state index in [0.29, 0.717) is 6.42 Å². The fraction of sp³-hybridized carbons (Fsp3) is 0.353. The van der Waals surface area contributed by atoms with Gasteiger partial charge in [-0.3, -0.25) is 4.79 Å². The number of aromatic nitrogens is 1. The molecule has 0 saturated carbocycles. The summed E-state index contributed by atoms with van der Waals surface area (Å²) < 4.78 is 6.93. The number of hydrogen-bond donors (Lipinski definition) is 1. The van der Waals surface area contributed by atoms with Crippen LogP contribution in [-0.4, -0.2) is 23.7 Å². The van der Waals surface area contributed by atoms with Crippen molar-refractivity contribution in [1.29, 1.82) is 0 Å². The summed E-state index contributed by atoms with van der Waals surface area (Å²) >= 11 is 0. The summed E-state index contributed by atoms with van der Waals surface area (Å²) in [6.45, 7) is 4.96. The standard InChI is InChI=1S/C17H22N2O2/c1-12-9-15(10-16(18)17(20)21-3)13(2)19(12)11-14-7-5-4-6-8-14/h4-9,16H,10-11,18H2,1-3H3. The number of nitrogens with two attached hydrogens (primary N) is 1. The molecule has 0 amide bonds. The van der Waals surface area contributed by atoms with Gasteiger partial charge in [0, 0.05) is 17.9 Å². The number of hydrogen-bond acceptors (Lipinski definition) is 3. The number of carbonyl (C=O) groups is 1. The van der Waals surface area contributed by atoms with Crippen molar-refractivity contribution in [3.8, 4) is 0 Å². The Hall–Kier alpha value is -2.07. The van der Waals surface area contributed by atoms with Crippen molar-refractivity contribution in [3.63, 3.8) is 0 Å². The normalized spacial score (nSPS) is 12.2. The summed E-state index contributed by atoms with van der Waals surface area (Å²) in [5, 5.41) is 0. The molecule has 4 heteroatoms. The van der Waals surface area contributed by atoms with E-state index in [0.717, 1.165) is 17.8 Å². The van der Waals surface area contributed by atoms with Gasteiger partial charge in [-0.05, 0) is 37.5 Å². The van der Waals surface area contributed by atoms with E-state index < -0.39 is 6.04 Å². The average Bonchev–Trinajstić information content (AvgIpc) is 2.75. The first kappa shape index (κ1) is 15.3. The van der Waals surface area contributed by atoms with E-state index in [9.17, 15) is 4.79 Å². The van der Waals surface area contributed by atoms with Crippen molar-refractivity contribution >= 4 is 5.97 Å². The van der Waals surface area contributed by atoms with Crippen molar-refractivity contribution in [2.45, 2.75) is 32.9 Å². The lowest BCUT2D eigenvalue weighted by atomic mass is 10.1. The molecular formula is C17H22N2O2. The largest absolute Gasteiger partial charge is 0.468 e. The lowest BCUT2D eigenvalue weighted by molar-refractivity contribution is -0.142. The first-order valence-electron chi connectivity index (χ1n) is 7.06. The molecule has 0 aliphatic rings. The van der Waals surface area contributed by atoms with Crippen molar-refractivity contribution < 1.29 is 9.53 Å². The number of ether oxygens (including phenoxy) is 1. The molecule has 4 nitrogen and oxygen atoms in total. The van der Waals surface area contributed by atoms with Gasteiger partial charge in [-0.2, -0.15) is 0 Å². The molecule has 21 heavy (non-hydrogen) atoms. The molecule has 0 radical (unpaired) electrons. The Morgan fingerprint density at radius 3 is 2.57 bits per heavy atom. The molecule has 1 unspecified atom stereocenters. The van der Waals surface area contributed by atoms with Crippen LogP contribution >= 0.6 is 0 Å². The van der Waals surface area contributed by atoms with Gasteiger partial charge in [0.2, 0.25) is 0 Å². The van der Waals surface area contributed by atoms with E-state index in [4.69, 9.17) is 5.73 Å². The van der Waals surface area contributed by atoms with Crippen molar-refractivity contribution in [2.75, 3.05) is 7.11 Å². The SMILES string of the molecule is COC(=O)C(N)Cc1cc(C)n(Cc2ccccc2)c1C. The molecule has 1 aromatic heterocycles. The van der Waals surface area contributed by atoms with Gasteiger partial charge in [-0.15, -0.1) is 0 Å². The topological polar surface area (TPSA) is 57.2 Å². The highest BCUT2D eigenvalue weighted by Crippen LogP contribution is 2.18. The second kappa shape index (κ2) is 6.59. The van der Waals surface area contributed by atoms with Crippen LogP contribution in [-0.2, 0) is 22.5 Å². The summed E-state index contributed by atoms with van der Waals surface area (Å²) in [6, 6.07) is 11.8. The Labute approximate surface area is 125 Å². The lowest BCUT2D eigenvalue weighted by Crippen LogP contribution is -2.33. The third kappa shape index (κ3) is 3.52. The van der Waals surface area contributed by atoms with Gasteiger partial charge < -0.3 is 15.0 Å². The first-order valence-corrected chi connectivity index (χ1v) is 7.06. The summed E-state index contributed by atoms with van der Waals surface area (Å²) in [6.07, 6.45) is 0.501. The third-order valence-corrected chi connectivity index (χ3v) is 3.81. The quantitative estimate of drug-likeness (QED) is 0.857. The Balaban J connectivity index is 2.19. The molecule has 0 aliphatic heterocycles. The molecule has 1 aromatic carbocycles. The molecule has 2 rings (SSSR count). The van der Waals surface area contributed by atoms with Gasteiger partial charge in [-0.1, -0.05) is 30.3 Å². The average molecular weight is 286 g/mol. The zero-order chi connectivity index (χ0) is 15.4. The number of benzene rings is 1. The van der Waals surface area contributed by atoms with Gasteiger partial charge in [0.1, 0.15) is 6.04 Å². The van der Waals surface area contributed by atoms with Crippen LogP contribution in [0, 0.1) is 13.8 Å². The second-order valence-corrected chi connectivity index (χ2v) is 5.30. The lowest BCUT2D eigenvalue weighted by Gasteiger charge is -2.11. The Kier molecular flexibility index (Phi) is 4.81. The molecule has 0 bridgehead atoms. The number of aryl methyl sites for hydroxylation is 1. The Morgan fingerprint density at radius 2 is 1.95 bits per heavy atom. The first-order chi connectivity index (χ1) is 10.0. The van der Waals surface area contributed by atoms with E-state index in [-0.39, 0.29) is 5.97 Å². The minimum Gasteiger partial charge on any atom is -0.468 e. The molecule has 0 saturated heterocycles. The second-order valence-electron chi connectivity index (χ2n) is 5.30. The summed E-state index contributed by atoms with van der Waals surface area (Å²) in [7, 11) is 1.36. The number of methoxy groups -OCH3 is 1. The van der Waals surface area contributed by atoms with Crippen LogP contribution < -0.4 is 5.73 Å². The number of carbonyl (C=O) groups excluding carboxylic acids is 1. The third-order valence-electron chi connectivity index (χ3n) is 3.81. The highest BCUT2D eigenvalue weighted by atomic mass is 16.5. The number of esters is 1. The smallest absolute Gasteiger partial charge is 0.322 e. The molecule has 2 N–H and O–H groups in total. The molecule has 112 valence electrons. The summed E-state index contributed by atoms with van der Waals surface area (Å²) in [4.78, 5) is 11.5. The van der Waals surface area contributed by atoms with Gasteiger partial charge >= 0.3 is 5.97 Å². The zero-order valence-electron chi connectivity index (χ0n) is 12.8. The molecule has 1 atom stereocenters. The monoisotopic (exact) mass is 286 g/mol. The molecule has 2 aromatic rings. The Morgan fingerprint density at radius 1 is 1.29 bits per heavy atom. The van der Waals surface area contributed by atoms with Crippen LogP contribution in [0.15, 0.2) is 36.4 Å². The molecule has 0 fully saturated rings. The van der Waals surface area contributed by atoms with Gasteiger partial charge in [0.05, 0.1) is 7.11 Å². The van der Waals surface area contributed by atoms with E-state index >= 15 is 0 Å². The number of rotatable bonds is 5. The maximum Gasteiger partial charge on any atom is 0.322 e. The summed E-state index contributed by atoms with van der Waals surface area (Å²) in [5.74, 6) is -0.372. The molecule has 0 aliphatic carbocycles. The maximum atomic E-state index is 11.5. The van der Waals surface area contributed by atoms with Crippen LogP contribution in [0.5, 0.6) is 0 Å². The van der Waals surface area contributed by atoms with E-state index in [1.165, 1.54) is 18.4 Å². The molecule has 0 spiro atoms. The highest BCUT2D eigenvalue weighted by Gasteiger charge is 2.18. The zero-order valence-corrected chi connectivity index (χ0v) is 12.8. The van der Waals surface area contributed by atoms with Gasteiger partial charge in [0.25, 0.3) is 0 Å². The van der Waals surface area contributed by atoms with E-state index in [1.54, 1.807) is 0 Å². The van der Waals surface area contributed by atoms with Gasteiger partial charge in [-0.25, -0.2) is 0 Å². The van der Waals surface area contributed by atoms with Crippen LogP contribution in [0.2, 0.25) is 0 Å². The summed E-state index contributed by atoms with van der Waals surface area (Å²) in [5.41, 5.74) is 10.5. The minimum atomic E-state index is -0.610.